The largest absolute Gasteiger partial charge is 0.493 e. The van der Waals surface area contributed by atoms with Crippen molar-refractivity contribution in [3.8, 4) is 22.1 Å². The third kappa shape index (κ3) is 5.74. The van der Waals surface area contributed by atoms with Crippen molar-refractivity contribution in [3.63, 3.8) is 0 Å². The van der Waals surface area contributed by atoms with E-state index in [0.717, 1.165) is 11.6 Å². The van der Waals surface area contributed by atoms with Crippen molar-refractivity contribution in [3.05, 3.63) is 100 Å². The second-order valence-corrected chi connectivity index (χ2v) is 8.14. The van der Waals surface area contributed by atoms with Crippen molar-refractivity contribution in [2.45, 2.75) is 13.2 Å². The first-order chi connectivity index (χ1) is 16.4. The molecule has 0 spiro atoms. The molecule has 1 amide bonds. The van der Waals surface area contributed by atoms with Crippen LogP contribution in [-0.4, -0.2) is 18.0 Å². The molecule has 0 bridgehead atoms. The summed E-state index contributed by atoms with van der Waals surface area (Å²) >= 11 is 1.29. The van der Waals surface area contributed by atoms with Crippen molar-refractivity contribution in [1.82, 2.24) is 10.3 Å². The fourth-order valence-corrected chi connectivity index (χ4v) is 3.96. The Morgan fingerprint density at radius 1 is 0.912 bits per heavy atom. The van der Waals surface area contributed by atoms with Crippen molar-refractivity contribution < 1.29 is 27.4 Å². The van der Waals surface area contributed by atoms with E-state index in [4.69, 9.17) is 9.47 Å². The van der Waals surface area contributed by atoms with Crippen LogP contribution in [0.15, 0.2) is 66.0 Å². The number of hydrogen-bond donors (Lipinski definition) is 1. The highest BCUT2D eigenvalue weighted by atomic mass is 32.1. The first kappa shape index (κ1) is 23.3. The highest BCUT2D eigenvalue weighted by Crippen LogP contribution is 2.34. The van der Waals surface area contributed by atoms with Crippen LogP contribution in [-0.2, 0) is 13.2 Å². The average Bonchev–Trinajstić information content (AvgIpc) is 3.32. The molecule has 0 radical (unpaired) electrons. The fourth-order valence-electron chi connectivity index (χ4n) is 3.16. The van der Waals surface area contributed by atoms with Crippen molar-refractivity contribution >= 4 is 17.2 Å². The number of benzene rings is 3. The zero-order valence-electron chi connectivity index (χ0n) is 18.0. The van der Waals surface area contributed by atoms with Gasteiger partial charge in [-0.1, -0.05) is 12.1 Å². The molecule has 1 heterocycles. The molecule has 4 aromatic rings. The van der Waals surface area contributed by atoms with Crippen LogP contribution in [0.3, 0.4) is 0 Å². The summed E-state index contributed by atoms with van der Waals surface area (Å²) in [5.74, 6) is -1.24. The number of nitrogens with zero attached hydrogens (tertiary/aromatic N) is 1. The van der Waals surface area contributed by atoms with Crippen LogP contribution in [0, 0.1) is 17.5 Å². The molecule has 0 fully saturated rings. The molecular formula is C25H19F3N2O3S. The van der Waals surface area contributed by atoms with Crippen LogP contribution in [0.25, 0.3) is 10.6 Å². The number of nitrogens with one attached hydrogen (secondary N) is 1. The predicted octanol–water partition coefficient (Wildman–Crippen LogP) is 5.75. The Bertz CT molecular complexity index is 1290. The molecule has 0 aliphatic heterocycles. The lowest BCUT2D eigenvalue weighted by atomic mass is 10.2. The first-order valence-corrected chi connectivity index (χ1v) is 11.0. The molecule has 0 atom stereocenters. The molecule has 0 unspecified atom stereocenters. The Labute approximate surface area is 197 Å². The number of ether oxygens (including phenoxy) is 2. The summed E-state index contributed by atoms with van der Waals surface area (Å²) in [7, 11) is 1.48. The second kappa shape index (κ2) is 10.4. The summed E-state index contributed by atoms with van der Waals surface area (Å²) < 4.78 is 50.8. The highest BCUT2D eigenvalue weighted by molar-refractivity contribution is 7.13. The molecule has 1 aromatic heterocycles. The SMILES string of the molecule is COc1cc(-c2nc(C(=O)NCc3ccc(F)cc3)cs2)ccc1OCc1cc(F)cc(F)c1. The molecule has 3 aromatic carbocycles. The van der Waals surface area contributed by atoms with Gasteiger partial charge in [-0.3, -0.25) is 4.79 Å². The molecule has 5 nitrogen and oxygen atoms in total. The van der Waals surface area contributed by atoms with Crippen molar-refractivity contribution in [1.29, 1.82) is 0 Å². The Balaban J connectivity index is 1.43. The molecule has 9 heteroatoms. The number of carbonyl (C=O) groups is 1. The molecule has 0 aliphatic rings. The van der Waals surface area contributed by atoms with E-state index in [0.29, 0.717) is 27.6 Å². The Morgan fingerprint density at radius 2 is 1.65 bits per heavy atom. The topological polar surface area (TPSA) is 60.5 Å². The number of halogens is 3. The highest BCUT2D eigenvalue weighted by Gasteiger charge is 2.14. The number of carbonyl (C=O) groups excluding carboxylic acids is 1. The van der Waals surface area contributed by atoms with E-state index in [-0.39, 0.29) is 30.6 Å². The third-order valence-electron chi connectivity index (χ3n) is 4.83. The maximum atomic E-state index is 13.4. The molecule has 34 heavy (non-hydrogen) atoms. The molecule has 0 saturated heterocycles. The van der Waals surface area contributed by atoms with Gasteiger partial charge >= 0.3 is 0 Å². The molecule has 4 rings (SSSR count). The van der Waals surface area contributed by atoms with Gasteiger partial charge in [0.1, 0.15) is 34.8 Å². The van der Waals surface area contributed by atoms with Gasteiger partial charge in [-0.25, -0.2) is 18.2 Å². The average molecular weight is 484 g/mol. The van der Waals surface area contributed by atoms with E-state index < -0.39 is 11.6 Å². The fraction of sp³-hybridized carbons (Fsp3) is 0.120. The van der Waals surface area contributed by atoms with E-state index in [1.807, 2.05) is 0 Å². The van der Waals surface area contributed by atoms with Gasteiger partial charge in [-0.05, 0) is 53.6 Å². The van der Waals surface area contributed by atoms with Crippen LogP contribution < -0.4 is 14.8 Å². The maximum absolute atomic E-state index is 13.4. The number of amides is 1. The number of rotatable bonds is 8. The van der Waals surface area contributed by atoms with Gasteiger partial charge in [0.05, 0.1) is 7.11 Å². The first-order valence-electron chi connectivity index (χ1n) is 10.2. The summed E-state index contributed by atoms with van der Waals surface area (Å²) in [5, 5.41) is 5.00. The standard InChI is InChI=1S/C25H19F3N2O3S/c1-32-23-10-17(4-7-22(23)33-13-16-8-19(27)11-20(28)9-16)25-30-21(14-34-25)24(31)29-12-15-2-5-18(26)6-3-15/h2-11,14H,12-13H2,1H3,(H,29,31). The number of hydrogen-bond acceptors (Lipinski definition) is 5. The minimum absolute atomic E-state index is 0.0417. The Kier molecular flexibility index (Phi) is 7.12. The van der Waals surface area contributed by atoms with Crippen LogP contribution in [0.1, 0.15) is 21.6 Å². The normalized spacial score (nSPS) is 10.7. The van der Waals surface area contributed by atoms with Crippen LogP contribution >= 0.6 is 11.3 Å². The van der Waals surface area contributed by atoms with E-state index >= 15 is 0 Å². The summed E-state index contributed by atoms with van der Waals surface area (Å²) in [6.07, 6.45) is 0. The monoisotopic (exact) mass is 484 g/mol. The lowest BCUT2D eigenvalue weighted by Crippen LogP contribution is -2.23. The van der Waals surface area contributed by atoms with Gasteiger partial charge in [-0.15, -0.1) is 11.3 Å². The quantitative estimate of drug-likeness (QED) is 0.346. The summed E-state index contributed by atoms with van der Waals surface area (Å²) in [6.45, 7) is 0.209. The lowest BCUT2D eigenvalue weighted by Gasteiger charge is -2.12. The molecule has 1 N–H and O–H groups in total. The molecular weight excluding hydrogens is 465 g/mol. The van der Waals surface area contributed by atoms with E-state index in [2.05, 4.69) is 10.3 Å². The number of thiazole rings is 1. The summed E-state index contributed by atoms with van der Waals surface area (Å²) in [4.78, 5) is 16.8. The Morgan fingerprint density at radius 3 is 2.35 bits per heavy atom. The maximum Gasteiger partial charge on any atom is 0.271 e. The van der Waals surface area contributed by atoms with Gasteiger partial charge in [-0.2, -0.15) is 0 Å². The second-order valence-electron chi connectivity index (χ2n) is 7.28. The van der Waals surface area contributed by atoms with E-state index in [9.17, 15) is 18.0 Å². The zero-order chi connectivity index (χ0) is 24.1. The van der Waals surface area contributed by atoms with Gasteiger partial charge in [0.2, 0.25) is 0 Å². The number of aromatic nitrogens is 1. The molecule has 0 aliphatic carbocycles. The van der Waals surface area contributed by atoms with E-state index in [1.165, 1.54) is 42.7 Å². The van der Waals surface area contributed by atoms with E-state index in [1.54, 1.807) is 35.7 Å². The van der Waals surface area contributed by atoms with Gasteiger partial charge in [0.15, 0.2) is 11.5 Å². The predicted molar refractivity (Wildman–Crippen MR) is 122 cm³/mol. The summed E-state index contributed by atoms with van der Waals surface area (Å²) in [5.41, 5.74) is 2.09. The van der Waals surface area contributed by atoms with Gasteiger partial charge in [0, 0.05) is 23.6 Å². The van der Waals surface area contributed by atoms with Crippen LogP contribution in [0.4, 0.5) is 13.2 Å². The van der Waals surface area contributed by atoms with Gasteiger partial charge < -0.3 is 14.8 Å². The minimum atomic E-state index is -0.679. The van der Waals surface area contributed by atoms with Crippen molar-refractivity contribution in [2.24, 2.45) is 0 Å². The third-order valence-corrected chi connectivity index (χ3v) is 5.72. The van der Waals surface area contributed by atoms with Gasteiger partial charge in [0.25, 0.3) is 5.91 Å². The Hall–Kier alpha value is -3.85. The smallest absolute Gasteiger partial charge is 0.271 e. The number of methoxy groups -OCH3 is 1. The van der Waals surface area contributed by atoms with Crippen LogP contribution in [0.2, 0.25) is 0 Å². The zero-order valence-corrected chi connectivity index (χ0v) is 18.8. The molecule has 0 saturated carbocycles. The van der Waals surface area contributed by atoms with Crippen molar-refractivity contribution in [2.75, 3.05) is 7.11 Å². The lowest BCUT2D eigenvalue weighted by molar-refractivity contribution is 0.0946. The molecule has 174 valence electrons. The summed E-state index contributed by atoms with van der Waals surface area (Å²) in [6, 6.07) is 14.2. The van der Waals surface area contributed by atoms with Crippen LogP contribution in [0.5, 0.6) is 11.5 Å². The minimum Gasteiger partial charge on any atom is -0.493 e.